The monoisotopic (exact) mass is 286 g/mol. The van der Waals surface area contributed by atoms with Gasteiger partial charge in [0, 0.05) is 13.2 Å². The number of halogens is 4. The summed E-state index contributed by atoms with van der Waals surface area (Å²) in [5, 5.41) is 3.93. The second-order valence-electron chi connectivity index (χ2n) is 4.25. The summed E-state index contributed by atoms with van der Waals surface area (Å²) in [5.74, 6) is -2.28. The van der Waals surface area contributed by atoms with E-state index in [0.29, 0.717) is 11.8 Å². The highest BCUT2D eigenvalue weighted by atomic mass is 19.4. The average Bonchev–Trinajstić information content (AvgIpc) is 2.73. The van der Waals surface area contributed by atoms with Gasteiger partial charge in [0.2, 0.25) is 0 Å². The number of hydrogen-bond acceptors (Lipinski definition) is 2. The Balaban J connectivity index is 2.31. The summed E-state index contributed by atoms with van der Waals surface area (Å²) in [6.07, 6.45) is -3.49. The largest absolute Gasteiger partial charge is 0.419 e. The normalized spacial score (nSPS) is 11.7. The molecule has 2 rings (SSSR count). The number of Topliss-reactive ketones (excluding diaryl/α,β-unsaturated/α-hetero) is 1. The number of carbonyl (C=O) groups is 1. The van der Waals surface area contributed by atoms with Gasteiger partial charge in [-0.05, 0) is 18.2 Å². The van der Waals surface area contributed by atoms with Crippen molar-refractivity contribution in [3.05, 3.63) is 53.1 Å². The summed E-state index contributed by atoms with van der Waals surface area (Å²) in [6, 6.07) is 4.20. The van der Waals surface area contributed by atoms with Gasteiger partial charge in [0.05, 0.1) is 23.2 Å². The molecule has 0 saturated heterocycles. The Bertz CT molecular complexity index is 646. The summed E-state index contributed by atoms with van der Waals surface area (Å²) in [4.78, 5) is 11.9. The van der Waals surface area contributed by atoms with E-state index < -0.39 is 28.9 Å². The van der Waals surface area contributed by atoms with E-state index in [1.807, 2.05) is 0 Å². The average molecular weight is 286 g/mol. The van der Waals surface area contributed by atoms with Gasteiger partial charge < -0.3 is 0 Å². The van der Waals surface area contributed by atoms with Gasteiger partial charge in [0.1, 0.15) is 5.82 Å². The highest BCUT2D eigenvalue weighted by molar-refractivity contribution is 5.97. The molecule has 2 aromatic rings. The predicted octanol–water partition coefficient (Wildman–Crippen LogP) is 3.00. The Kier molecular flexibility index (Phi) is 3.61. The van der Waals surface area contributed by atoms with Gasteiger partial charge in [-0.15, -0.1) is 0 Å². The van der Waals surface area contributed by atoms with Gasteiger partial charge in [0.25, 0.3) is 0 Å². The van der Waals surface area contributed by atoms with Crippen LogP contribution in [0.15, 0.2) is 30.5 Å². The van der Waals surface area contributed by atoms with Crippen LogP contribution in [0, 0.1) is 5.82 Å². The molecule has 1 heterocycles. The fourth-order valence-corrected chi connectivity index (χ4v) is 1.78. The van der Waals surface area contributed by atoms with Crippen molar-refractivity contribution >= 4 is 5.78 Å². The van der Waals surface area contributed by atoms with Crippen LogP contribution in [0.4, 0.5) is 17.6 Å². The summed E-state index contributed by atoms with van der Waals surface area (Å²) in [6.45, 7) is 0. The van der Waals surface area contributed by atoms with Crippen molar-refractivity contribution in [3.8, 4) is 0 Å². The first kappa shape index (κ1) is 14.2. The Morgan fingerprint density at radius 3 is 2.55 bits per heavy atom. The number of nitrogens with zero attached hydrogens (tertiary/aromatic N) is 2. The van der Waals surface area contributed by atoms with Crippen molar-refractivity contribution in [2.24, 2.45) is 7.05 Å². The van der Waals surface area contributed by atoms with E-state index in [-0.39, 0.29) is 6.42 Å². The van der Waals surface area contributed by atoms with Crippen molar-refractivity contribution in [3.63, 3.8) is 0 Å². The standard InChI is InChI=1S/C13H10F4N2O/c1-19-6-5-8(18-19)7-11(20)9-3-2-4-10(12(9)14)13(15,16)17/h2-6H,7H2,1H3. The number of alkyl halides is 3. The fourth-order valence-electron chi connectivity index (χ4n) is 1.78. The van der Waals surface area contributed by atoms with Crippen LogP contribution in [-0.4, -0.2) is 15.6 Å². The van der Waals surface area contributed by atoms with Gasteiger partial charge in [-0.2, -0.15) is 18.3 Å². The van der Waals surface area contributed by atoms with Gasteiger partial charge in [-0.1, -0.05) is 6.07 Å². The van der Waals surface area contributed by atoms with E-state index in [0.717, 1.165) is 12.1 Å². The maximum atomic E-state index is 13.8. The predicted molar refractivity (Wildman–Crippen MR) is 62.6 cm³/mol. The first-order valence-electron chi connectivity index (χ1n) is 5.66. The van der Waals surface area contributed by atoms with E-state index >= 15 is 0 Å². The second-order valence-corrected chi connectivity index (χ2v) is 4.25. The van der Waals surface area contributed by atoms with Gasteiger partial charge in [0.15, 0.2) is 5.78 Å². The first-order valence-corrected chi connectivity index (χ1v) is 5.66. The third kappa shape index (κ3) is 2.87. The van der Waals surface area contributed by atoms with Crippen LogP contribution in [0.5, 0.6) is 0 Å². The maximum Gasteiger partial charge on any atom is 0.419 e. The lowest BCUT2D eigenvalue weighted by molar-refractivity contribution is -0.140. The molecule has 0 aliphatic rings. The van der Waals surface area contributed by atoms with E-state index in [2.05, 4.69) is 5.10 Å². The van der Waals surface area contributed by atoms with Gasteiger partial charge in [-0.3, -0.25) is 9.48 Å². The molecule has 0 fully saturated rings. The second kappa shape index (κ2) is 5.07. The lowest BCUT2D eigenvalue weighted by Gasteiger charge is -2.10. The van der Waals surface area contributed by atoms with Gasteiger partial charge in [-0.25, -0.2) is 4.39 Å². The number of aryl methyl sites for hydroxylation is 1. The molecular formula is C13H10F4N2O. The zero-order chi connectivity index (χ0) is 14.9. The minimum atomic E-state index is -4.83. The smallest absolute Gasteiger partial charge is 0.294 e. The maximum absolute atomic E-state index is 13.8. The SMILES string of the molecule is Cn1ccc(CC(=O)c2cccc(C(F)(F)F)c2F)n1. The molecule has 0 saturated carbocycles. The van der Waals surface area contributed by atoms with Crippen LogP contribution < -0.4 is 0 Å². The zero-order valence-electron chi connectivity index (χ0n) is 10.4. The van der Waals surface area contributed by atoms with Gasteiger partial charge >= 0.3 is 6.18 Å². The van der Waals surface area contributed by atoms with Crippen molar-refractivity contribution in [1.29, 1.82) is 0 Å². The summed E-state index contributed by atoms with van der Waals surface area (Å²) in [5.41, 5.74) is -1.65. The van der Waals surface area contributed by atoms with E-state index in [9.17, 15) is 22.4 Å². The number of carbonyl (C=O) groups excluding carboxylic acids is 1. The van der Waals surface area contributed by atoms with Crippen molar-refractivity contribution in [1.82, 2.24) is 9.78 Å². The molecule has 3 nitrogen and oxygen atoms in total. The Hall–Kier alpha value is -2.18. The Morgan fingerprint density at radius 2 is 2.00 bits per heavy atom. The molecule has 0 radical (unpaired) electrons. The molecule has 1 aromatic heterocycles. The number of aromatic nitrogens is 2. The molecule has 106 valence electrons. The van der Waals surface area contributed by atoms with E-state index in [1.54, 1.807) is 19.3 Å². The number of rotatable bonds is 3. The highest BCUT2D eigenvalue weighted by Crippen LogP contribution is 2.32. The minimum Gasteiger partial charge on any atom is -0.294 e. The molecule has 0 aliphatic carbocycles. The summed E-state index contributed by atoms with van der Waals surface area (Å²) >= 11 is 0. The minimum absolute atomic E-state index is 0.251. The van der Waals surface area contributed by atoms with E-state index in [4.69, 9.17) is 0 Å². The molecule has 0 atom stereocenters. The molecule has 0 spiro atoms. The van der Waals surface area contributed by atoms with E-state index in [1.165, 1.54) is 4.68 Å². The molecule has 1 aromatic carbocycles. The Morgan fingerprint density at radius 1 is 1.30 bits per heavy atom. The van der Waals surface area contributed by atoms with Crippen LogP contribution in [-0.2, 0) is 19.6 Å². The highest BCUT2D eigenvalue weighted by Gasteiger charge is 2.35. The quantitative estimate of drug-likeness (QED) is 0.642. The summed E-state index contributed by atoms with van der Waals surface area (Å²) < 4.78 is 52.9. The van der Waals surface area contributed by atoms with Crippen LogP contribution in [0.3, 0.4) is 0 Å². The van der Waals surface area contributed by atoms with Crippen LogP contribution in [0.2, 0.25) is 0 Å². The Labute approximate surface area is 111 Å². The zero-order valence-corrected chi connectivity index (χ0v) is 10.4. The van der Waals surface area contributed by atoms with Crippen molar-refractivity contribution in [2.45, 2.75) is 12.6 Å². The topological polar surface area (TPSA) is 34.9 Å². The number of hydrogen-bond donors (Lipinski definition) is 0. The van der Waals surface area contributed by atoms with Crippen molar-refractivity contribution < 1.29 is 22.4 Å². The molecule has 0 aliphatic heterocycles. The molecular weight excluding hydrogens is 276 g/mol. The molecule has 0 amide bonds. The van der Waals surface area contributed by atoms with Crippen LogP contribution >= 0.6 is 0 Å². The van der Waals surface area contributed by atoms with Crippen LogP contribution in [0.1, 0.15) is 21.6 Å². The van der Waals surface area contributed by atoms with Crippen molar-refractivity contribution in [2.75, 3.05) is 0 Å². The molecule has 20 heavy (non-hydrogen) atoms. The fraction of sp³-hybridized carbons (Fsp3) is 0.231. The van der Waals surface area contributed by atoms with Crippen LogP contribution in [0.25, 0.3) is 0 Å². The number of benzene rings is 1. The molecule has 0 bridgehead atoms. The lowest BCUT2D eigenvalue weighted by Crippen LogP contribution is -2.14. The third-order valence-corrected chi connectivity index (χ3v) is 2.72. The number of ketones is 1. The third-order valence-electron chi connectivity index (χ3n) is 2.72. The first-order chi connectivity index (χ1) is 9.29. The summed E-state index contributed by atoms with van der Waals surface area (Å²) in [7, 11) is 1.64. The molecule has 7 heteroatoms. The molecule has 0 unspecified atom stereocenters. The lowest BCUT2D eigenvalue weighted by atomic mass is 10.0. The molecule has 0 N–H and O–H groups in total.